The van der Waals surface area contributed by atoms with Crippen LogP contribution in [-0.4, -0.2) is 18.3 Å². The van der Waals surface area contributed by atoms with Gasteiger partial charge in [-0.25, -0.2) is 0 Å². The maximum Gasteiger partial charge on any atom is 0.290 e. The summed E-state index contributed by atoms with van der Waals surface area (Å²) in [4.78, 5) is 23.3. The van der Waals surface area contributed by atoms with Gasteiger partial charge in [-0.05, 0) is 69.5 Å². The summed E-state index contributed by atoms with van der Waals surface area (Å²) in [6.07, 6.45) is 1.64. The van der Waals surface area contributed by atoms with E-state index in [1.54, 1.807) is 19.3 Å². The van der Waals surface area contributed by atoms with Crippen molar-refractivity contribution < 1.29 is 19.1 Å². The Labute approximate surface area is 163 Å². The van der Waals surface area contributed by atoms with Gasteiger partial charge >= 0.3 is 0 Å². The fourth-order valence-electron chi connectivity index (χ4n) is 2.46. The Hall–Kier alpha value is -2.25. The zero-order valence-corrected chi connectivity index (χ0v) is 16.6. The van der Waals surface area contributed by atoms with Gasteiger partial charge in [0, 0.05) is 0 Å². The molecular weight excluding hydrogens is 418 g/mol. The van der Waals surface area contributed by atoms with Crippen molar-refractivity contribution in [3.63, 3.8) is 0 Å². The average Bonchev–Trinajstić information content (AvgIpc) is 2.92. The molecule has 0 aliphatic carbocycles. The summed E-state index contributed by atoms with van der Waals surface area (Å²) in [6.45, 7) is 2.45. The average molecular weight is 434 g/mol. The fourth-order valence-corrected chi connectivity index (χ4v) is 3.71. The lowest BCUT2D eigenvalue weighted by atomic mass is 10.1. The molecule has 26 heavy (non-hydrogen) atoms. The van der Waals surface area contributed by atoms with Crippen molar-refractivity contribution in [1.29, 1.82) is 0 Å². The molecule has 0 saturated carbocycles. The Bertz CT molecular complexity index is 910. The molecule has 2 aromatic carbocycles. The number of imide groups is 1. The van der Waals surface area contributed by atoms with Crippen LogP contribution in [-0.2, 0) is 11.4 Å². The minimum atomic E-state index is -0.394. The van der Waals surface area contributed by atoms with Gasteiger partial charge in [-0.2, -0.15) is 0 Å². The standard InChI is InChI=1S/C19H16BrNO4S/c1-11-5-3-4-6-13(11)10-25-17-14(20)7-12(8-15(17)24-2)9-16-18(22)21-19(23)26-16/h3-9H,10H2,1-2H3,(H,21,22,23)/b16-9-. The summed E-state index contributed by atoms with van der Waals surface area (Å²) in [5, 5.41) is 1.86. The van der Waals surface area contributed by atoms with Gasteiger partial charge in [-0.3, -0.25) is 14.9 Å². The molecular formula is C19H16BrNO4S. The number of methoxy groups -OCH3 is 1. The number of aryl methyl sites for hydroxylation is 1. The largest absolute Gasteiger partial charge is 0.493 e. The minimum Gasteiger partial charge on any atom is -0.493 e. The molecule has 0 atom stereocenters. The first-order chi connectivity index (χ1) is 12.5. The Morgan fingerprint density at radius 3 is 2.65 bits per heavy atom. The highest BCUT2D eigenvalue weighted by Gasteiger charge is 2.25. The van der Waals surface area contributed by atoms with E-state index in [4.69, 9.17) is 9.47 Å². The summed E-state index contributed by atoms with van der Waals surface area (Å²) in [5.41, 5.74) is 2.97. The monoisotopic (exact) mass is 433 g/mol. The Kier molecular flexibility index (Phi) is 5.68. The van der Waals surface area contributed by atoms with E-state index in [-0.39, 0.29) is 5.24 Å². The lowest BCUT2D eigenvalue weighted by Gasteiger charge is -2.14. The second-order valence-electron chi connectivity index (χ2n) is 5.60. The van der Waals surface area contributed by atoms with Crippen LogP contribution in [0.3, 0.4) is 0 Å². The Morgan fingerprint density at radius 2 is 2.00 bits per heavy atom. The topological polar surface area (TPSA) is 64.6 Å². The number of hydrogen-bond acceptors (Lipinski definition) is 5. The van der Waals surface area contributed by atoms with E-state index in [9.17, 15) is 9.59 Å². The van der Waals surface area contributed by atoms with Gasteiger partial charge in [-0.1, -0.05) is 24.3 Å². The van der Waals surface area contributed by atoms with Gasteiger partial charge in [0.1, 0.15) is 6.61 Å². The normalized spacial score (nSPS) is 15.3. The van der Waals surface area contributed by atoms with Crippen molar-refractivity contribution in [2.24, 2.45) is 0 Å². The number of hydrogen-bond donors (Lipinski definition) is 1. The number of ether oxygens (including phenoxy) is 2. The van der Waals surface area contributed by atoms with E-state index >= 15 is 0 Å². The fraction of sp³-hybridized carbons (Fsp3) is 0.158. The number of halogens is 1. The summed E-state index contributed by atoms with van der Waals surface area (Å²) in [5.74, 6) is 0.724. The number of carbonyl (C=O) groups is 2. The first kappa shape index (κ1) is 18.5. The SMILES string of the molecule is COc1cc(/C=C2\SC(=O)NC2=O)cc(Br)c1OCc1ccccc1C. The number of rotatable bonds is 5. The zero-order chi connectivity index (χ0) is 18.7. The van der Waals surface area contributed by atoms with Crippen LogP contribution >= 0.6 is 27.7 Å². The molecule has 2 amide bonds. The molecule has 5 nitrogen and oxygen atoms in total. The van der Waals surface area contributed by atoms with E-state index in [1.807, 2.05) is 37.3 Å². The lowest BCUT2D eigenvalue weighted by molar-refractivity contribution is -0.115. The highest BCUT2D eigenvalue weighted by molar-refractivity contribution is 9.10. The molecule has 0 spiro atoms. The number of benzene rings is 2. The maximum atomic E-state index is 11.7. The first-order valence-electron chi connectivity index (χ1n) is 7.77. The maximum absolute atomic E-state index is 11.7. The molecule has 1 aliphatic heterocycles. The van der Waals surface area contributed by atoms with Crippen molar-refractivity contribution in [2.75, 3.05) is 7.11 Å². The van der Waals surface area contributed by atoms with Crippen LogP contribution < -0.4 is 14.8 Å². The molecule has 1 aliphatic rings. The van der Waals surface area contributed by atoms with Crippen LogP contribution in [0, 0.1) is 6.92 Å². The van der Waals surface area contributed by atoms with Gasteiger partial charge < -0.3 is 9.47 Å². The van der Waals surface area contributed by atoms with Crippen molar-refractivity contribution in [1.82, 2.24) is 5.32 Å². The van der Waals surface area contributed by atoms with Gasteiger partial charge in [0.2, 0.25) is 0 Å². The summed E-state index contributed by atoms with van der Waals surface area (Å²) < 4.78 is 12.1. The second-order valence-corrected chi connectivity index (χ2v) is 7.47. The molecule has 134 valence electrons. The van der Waals surface area contributed by atoms with Gasteiger partial charge in [0.15, 0.2) is 11.5 Å². The third-order valence-electron chi connectivity index (χ3n) is 3.82. The predicted octanol–water partition coefficient (Wildman–Crippen LogP) is 4.67. The van der Waals surface area contributed by atoms with Crippen LogP contribution in [0.2, 0.25) is 0 Å². The van der Waals surface area contributed by atoms with E-state index in [0.29, 0.717) is 27.5 Å². The molecule has 7 heteroatoms. The molecule has 1 saturated heterocycles. The second kappa shape index (κ2) is 7.97. The van der Waals surface area contributed by atoms with E-state index in [1.165, 1.54) is 0 Å². The van der Waals surface area contributed by atoms with Gasteiger partial charge in [0.25, 0.3) is 11.1 Å². The third-order valence-corrected chi connectivity index (χ3v) is 5.22. The molecule has 0 unspecified atom stereocenters. The van der Waals surface area contributed by atoms with Gasteiger partial charge in [0.05, 0.1) is 16.5 Å². The van der Waals surface area contributed by atoms with Crippen LogP contribution in [0.25, 0.3) is 6.08 Å². The molecule has 1 N–H and O–H groups in total. The molecule has 2 aromatic rings. The van der Waals surface area contributed by atoms with Crippen LogP contribution in [0.1, 0.15) is 16.7 Å². The first-order valence-corrected chi connectivity index (χ1v) is 9.38. The minimum absolute atomic E-state index is 0.345. The highest BCUT2D eigenvalue weighted by atomic mass is 79.9. The van der Waals surface area contributed by atoms with Crippen molar-refractivity contribution in [3.05, 3.63) is 62.5 Å². The summed E-state index contributed by atoms with van der Waals surface area (Å²) in [6, 6.07) is 11.6. The highest BCUT2D eigenvalue weighted by Crippen LogP contribution is 2.38. The number of nitrogens with one attached hydrogen (secondary N) is 1. The zero-order valence-electron chi connectivity index (χ0n) is 14.2. The van der Waals surface area contributed by atoms with E-state index < -0.39 is 5.91 Å². The van der Waals surface area contributed by atoms with Crippen molar-refractivity contribution in [3.8, 4) is 11.5 Å². The summed E-state index contributed by atoms with van der Waals surface area (Å²) >= 11 is 4.37. The van der Waals surface area contributed by atoms with Crippen LogP contribution in [0.4, 0.5) is 4.79 Å². The number of carbonyl (C=O) groups excluding carboxylic acids is 2. The van der Waals surface area contributed by atoms with E-state index in [0.717, 1.165) is 28.5 Å². The Balaban J connectivity index is 1.86. The van der Waals surface area contributed by atoms with Crippen molar-refractivity contribution >= 4 is 44.9 Å². The van der Waals surface area contributed by atoms with Crippen LogP contribution in [0.5, 0.6) is 11.5 Å². The van der Waals surface area contributed by atoms with Crippen LogP contribution in [0.15, 0.2) is 45.8 Å². The molecule has 1 heterocycles. The lowest BCUT2D eigenvalue weighted by Crippen LogP contribution is -2.17. The molecule has 1 fully saturated rings. The number of amides is 2. The quantitative estimate of drug-likeness (QED) is 0.693. The third kappa shape index (κ3) is 4.11. The predicted molar refractivity (Wildman–Crippen MR) is 105 cm³/mol. The molecule has 3 rings (SSSR count). The number of thioether (sulfide) groups is 1. The molecule has 0 bridgehead atoms. The molecule has 0 aromatic heterocycles. The Morgan fingerprint density at radius 1 is 1.23 bits per heavy atom. The smallest absolute Gasteiger partial charge is 0.290 e. The summed E-state index contributed by atoms with van der Waals surface area (Å²) in [7, 11) is 1.56. The van der Waals surface area contributed by atoms with Crippen molar-refractivity contribution in [2.45, 2.75) is 13.5 Å². The van der Waals surface area contributed by atoms with E-state index in [2.05, 4.69) is 21.2 Å². The molecule has 0 radical (unpaired) electrons. The van der Waals surface area contributed by atoms with Gasteiger partial charge in [-0.15, -0.1) is 0 Å².